The zero-order valence-electron chi connectivity index (χ0n) is 17.6. The minimum absolute atomic E-state index is 0.0870. The van der Waals surface area contributed by atoms with E-state index in [2.05, 4.69) is 40.3 Å². The Labute approximate surface area is 187 Å². The van der Waals surface area contributed by atoms with Crippen molar-refractivity contribution in [2.45, 2.75) is 32.7 Å². The van der Waals surface area contributed by atoms with Crippen LogP contribution >= 0.6 is 11.6 Å². The van der Waals surface area contributed by atoms with Crippen LogP contribution in [0.4, 0.5) is 17.2 Å². The highest BCUT2D eigenvalue weighted by atomic mass is 35.5. The number of halogens is 1. The Morgan fingerprint density at radius 3 is 2.61 bits per heavy atom. The van der Waals surface area contributed by atoms with Gasteiger partial charge in [0.1, 0.15) is 11.6 Å². The first-order valence-electron chi connectivity index (χ1n) is 10.6. The molecule has 0 saturated heterocycles. The Kier molecular flexibility index (Phi) is 5.20. The largest absolute Gasteiger partial charge is 0.377 e. The minimum Gasteiger partial charge on any atom is -0.377 e. The third-order valence-corrected chi connectivity index (χ3v) is 5.93. The number of aryl methyl sites for hydroxylation is 2. The number of nitrogens with zero attached hydrogens (tertiary/aromatic N) is 4. The van der Waals surface area contributed by atoms with E-state index in [-0.39, 0.29) is 6.04 Å². The summed E-state index contributed by atoms with van der Waals surface area (Å²) in [6, 6.07) is 20.3. The van der Waals surface area contributed by atoms with Crippen LogP contribution in [0.1, 0.15) is 36.6 Å². The van der Waals surface area contributed by atoms with Gasteiger partial charge >= 0.3 is 0 Å². The van der Waals surface area contributed by atoms with Crippen LogP contribution in [0.2, 0.25) is 5.02 Å². The average Bonchev–Trinajstić information content (AvgIpc) is 2.79. The summed E-state index contributed by atoms with van der Waals surface area (Å²) in [4.78, 5) is 16.7. The summed E-state index contributed by atoms with van der Waals surface area (Å²) in [5.74, 6) is 1.75. The maximum atomic E-state index is 6.00. The molecule has 2 aromatic heterocycles. The molecule has 1 atom stereocenters. The lowest BCUT2D eigenvalue weighted by Gasteiger charge is -2.31. The second-order valence-electron chi connectivity index (χ2n) is 7.94. The molecule has 5 rings (SSSR count). The van der Waals surface area contributed by atoms with E-state index in [1.165, 1.54) is 0 Å². The molecule has 0 aliphatic carbocycles. The Balaban J connectivity index is 1.48. The average molecular weight is 430 g/mol. The maximum absolute atomic E-state index is 6.00. The first kappa shape index (κ1) is 19.8. The fourth-order valence-electron chi connectivity index (χ4n) is 4.18. The van der Waals surface area contributed by atoms with Crippen LogP contribution in [0, 0.1) is 6.92 Å². The summed E-state index contributed by atoms with van der Waals surface area (Å²) in [5, 5.41) is 5.32. The Bertz CT molecular complexity index is 1240. The number of anilines is 3. The highest BCUT2D eigenvalue weighted by Crippen LogP contribution is 2.36. The summed E-state index contributed by atoms with van der Waals surface area (Å²) >= 11 is 6.00. The van der Waals surface area contributed by atoms with E-state index in [9.17, 15) is 0 Å². The van der Waals surface area contributed by atoms with Crippen LogP contribution < -0.4 is 10.2 Å². The topological polar surface area (TPSA) is 53.9 Å². The molecule has 3 heterocycles. The molecule has 0 amide bonds. The summed E-state index contributed by atoms with van der Waals surface area (Å²) < 4.78 is 0. The molecule has 4 aromatic rings. The summed E-state index contributed by atoms with van der Waals surface area (Å²) in [5.41, 5.74) is 5.29. The molecule has 1 aliphatic heterocycles. The normalized spacial score (nSPS) is 14.4. The van der Waals surface area contributed by atoms with Crippen LogP contribution in [-0.2, 0) is 6.42 Å². The highest BCUT2D eigenvalue weighted by molar-refractivity contribution is 6.30. The van der Waals surface area contributed by atoms with Crippen molar-refractivity contribution in [2.24, 2.45) is 0 Å². The SMILES string of the molecule is Cc1nc(N2CCCc3nc(C(C)Nc4ccc(Cl)cc4)ccc32)c2ccccc2n1. The molecule has 156 valence electrons. The number of hydrogen-bond donors (Lipinski definition) is 1. The van der Waals surface area contributed by atoms with Crippen LogP contribution in [0.3, 0.4) is 0 Å². The number of aromatic nitrogens is 3. The van der Waals surface area contributed by atoms with Crippen LogP contribution in [0.5, 0.6) is 0 Å². The zero-order valence-corrected chi connectivity index (χ0v) is 18.4. The first-order valence-corrected chi connectivity index (χ1v) is 11.0. The number of rotatable bonds is 4. The van der Waals surface area contributed by atoms with E-state index in [0.29, 0.717) is 0 Å². The number of hydrogen-bond acceptors (Lipinski definition) is 5. The second kappa shape index (κ2) is 8.16. The van der Waals surface area contributed by atoms with E-state index in [1.54, 1.807) is 0 Å². The predicted molar refractivity (Wildman–Crippen MR) is 127 cm³/mol. The third kappa shape index (κ3) is 3.93. The quantitative estimate of drug-likeness (QED) is 0.416. The van der Waals surface area contributed by atoms with Gasteiger partial charge in [0.2, 0.25) is 0 Å². The van der Waals surface area contributed by atoms with Gasteiger partial charge in [0, 0.05) is 22.6 Å². The van der Waals surface area contributed by atoms with Gasteiger partial charge in [-0.05, 0) is 75.2 Å². The molecular weight excluding hydrogens is 406 g/mol. The number of nitrogens with one attached hydrogen (secondary N) is 1. The second-order valence-corrected chi connectivity index (χ2v) is 8.38. The molecule has 2 aromatic carbocycles. The fourth-order valence-corrected chi connectivity index (χ4v) is 4.30. The van der Waals surface area contributed by atoms with Crippen molar-refractivity contribution in [1.82, 2.24) is 15.0 Å². The third-order valence-electron chi connectivity index (χ3n) is 5.68. The Hall–Kier alpha value is -3.18. The van der Waals surface area contributed by atoms with Gasteiger partial charge in [0.25, 0.3) is 0 Å². The molecule has 0 spiro atoms. The van der Waals surface area contributed by atoms with Gasteiger partial charge in [-0.1, -0.05) is 23.7 Å². The minimum atomic E-state index is 0.0870. The lowest BCUT2D eigenvalue weighted by atomic mass is 10.0. The molecule has 6 heteroatoms. The van der Waals surface area contributed by atoms with E-state index in [0.717, 1.165) is 69.7 Å². The Morgan fingerprint density at radius 1 is 0.968 bits per heavy atom. The van der Waals surface area contributed by atoms with E-state index in [4.69, 9.17) is 21.6 Å². The van der Waals surface area contributed by atoms with Gasteiger partial charge in [-0.2, -0.15) is 0 Å². The van der Waals surface area contributed by atoms with Gasteiger partial charge in [-0.25, -0.2) is 9.97 Å². The number of pyridine rings is 1. The van der Waals surface area contributed by atoms with E-state index >= 15 is 0 Å². The highest BCUT2D eigenvalue weighted by Gasteiger charge is 2.23. The van der Waals surface area contributed by atoms with Crippen molar-refractivity contribution in [3.63, 3.8) is 0 Å². The molecule has 0 radical (unpaired) electrons. The molecular formula is C25H24ClN5. The van der Waals surface area contributed by atoms with Crippen LogP contribution in [-0.4, -0.2) is 21.5 Å². The van der Waals surface area contributed by atoms with Crippen molar-refractivity contribution < 1.29 is 0 Å². The molecule has 1 unspecified atom stereocenters. The number of para-hydroxylation sites is 1. The molecule has 5 nitrogen and oxygen atoms in total. The summed E-state index contributed by atoms with van der Waals surface area (Å²) in [6.07, 6.45) is 2.01. The van der Waals surface area contributed by atoms with Gasteiger partial charge < -0.3 is 10.2 Å². The molecule has 1 N–H and O–H groups in total. The Morgan fingerprint density at radius 2 is 1.77 bits per heavy atom. The van der Waals surface area contributed by atoms with Crippen LogP contribution in [0.25, 0.3) is 10.9 Å². The van der Waals surface area contributed by atoms with Gasteiger partial charge in [-0.15, -0.1) is 0 Å². The van der Waals surface area contributed by atoms with Crippen molar-refractivity contribution in [1.29, 1.82) is 0 Å². The first-order chi connectivity index (χ1) is 15.1. The van der Waals surface area contributed by atoms with Gasteiger partial charge in [0.05, 0.1) is 28.6 Å². The lowest BCUT2D eigenvalue weighted by Crippen LogP contribution is -2.27. The predicted octanol–water partition coefficient (Wildman–Crippen LogP) is 6.24. The lowest BCUT2D eigenvalue weighted by molar-refractivity contribution is 0.722. The monoisotopic (exact) mass is 429 g/mol. The zero-order chi connectivity index (χ0) is 21.4. The van der Waals surface area contributed by atoms with Crippen molar-refractivity contribution in [2.75, 3.05) is 16.8 Å². The summed E-state index contributed by atoms with van der Waals surface area (Å²) in [7, 11) is 0. The van der Waals surface area contributed by atoms with Gasteiger partial charge in [0.15, 0.2) is 0 Å². The van der Waals surface area contributed by atoms with Crippen molar-refractivity contribution in [3.8, 4) is 0 Å². The van der Waals surface area contributed by atoms with Crippen LogP contribution in [0.15, 0.2) is 60.7 Å². The molecule has 0 fully saturated rings. The van der Waals surface area contributed by atoms with Crippen molar-refractivity contribution in [3.05, 3.63) is 82.9 Å². The fraction of sp³-hybridized carbons (Fsp3) is 0.240. The number of benzene rings is 2. The number of fused-ring (bicyclic) bond motifs is 2. The van der Waals surface area contributed by atoms with E-state index < -0.39 is 0 Å². The summed E-state index contributed by atoms with van der Waals surface area (Å²) in [6.45, 7) is 5.00. The smallest absolute Gasteiger partial charge is 0.144 e. The maximum Gasteiger partial charge on any atom is 0.144 e. The molecule has 31 heavy (non-hydrogen) atoms. The van der Waals surface area contributed by atoms with Gasteiger partial charge in [-0.3, -0.25) is 4.98 Å². The molecule has 0 saturated carbocycles. The molecule has 0 bridgehead atoms. The van der Waals surface area contributed by atoms with E-state index in [1.807, 2.05) is 49.4 Å². The molecule has 1 aliphatic rings. The van der Waals surface area contributed by atoms with Crippen molar-refractivity contribution >= 4 is 39.7 Å². The standard InChI is InChI=1S/C25H24ClN5/c1-16(27-19-11-9-18(26)10-12-19)21-13-14-24-23(30-21)8-5-15-31(24)25-20-6-3-4-7-22(20)28-17(2)29-25/h3-4,6-7,9-14,16,27H,5,8,15H2,1-2H3.